The van der Waals surface area contributed by atoms with Crippen molar-refractivity contribution in [2.24, 2.45) is 0 Å². The van der Waals surface area contributed by atoms with Crippen molar-refractivity contribution in [3.63, 3.8) is 0 Å². The van der Waals surface area contributed by atoms with Gasteiger partial charge in [0.1, 0.15) is 11.6 Å². The van der Waals surface area contributed by atoms with Crippen LogP contribution < -0.4 is 10.6 Å². The van der Waals surface area contributed by atoms with Gasteiger partial charge in [-0.3, -0.25) is 4.79 Å². The number of nitrogens with zero attached hydrogens (tertiary/aromatic N) is 4. The van der Waals surface area contributed by atoms with Crippen molar-refractivity contribution in [1.82, 2.24) is 20.2 Å². The number of thioether (sulfide) groups is 1. The smallest absolute Gasteiger partial charge is 0.223 e. The summed E-state index contributed by atoms with van der Waals surface area (Å²) in [4.78, 5) is 22.3. The second-order valence-electron chi connectivity index (χ2n) is 7.25. The van der Waals surface area contributed by atoms with Gasteiger partial charge in [0.15, 0.2) is 0 Å². The Kier molecular flexibility index (Phi) is 7.20. The summed E-state index contributed by atoms with van der Waals surface area (Å²) >= 11 is 13.5. The third kappa shape index (κ3) is 5.18. The predicted octanol–water partition coefficient (Wildman–Crippen LogP) is 4.73. The fraction of sp³-hybridized carbons (Fsp3) is 0.273. The second kappa shape index (κ2) is 10.3. The molecule has 4 rings (SSSR count). The SMILES string of the molecule is N#CC(=C1NC(c2ccc(Cl)c(Cl)c2)=CS1)c1ccnc(NCCCN2CCCC2=O)n1. The van der Waals surface area contributed by atoms with Crippen molar-refractivity contribution in [3.8, 4) is 6.07 Å². The topological polar surface area (TPSA) is 93.9 Å². The molecule has 0 unspecified atom stereocenters. The number of hydrogen-bond acceptors (Lipinski definition) is 7. The predicted molar refractivity (Wildman–Crippen MR) is 129 cm³/mol. The minimum Gasteiger partial charge on any atom is -0.354 e. The summed E-state index contributed by atoms with van der Waals surface area (Å²) in [5.74, 6) is 0.674. The number of nitriles is 1. The van der Waals surface area contributed by atoms with E-state index in [0.29, 0.717) is 45.3 Å². The Bertz CT molecular complexity index is 1140. The highest BCUT2D eigenvalue weighted by Crippen LogP contribution is 2.36. The van der Waals surface area contributed by atoms with Crippen LogP contribution in [0.2, 0.25) is 10.0 Å². The lowest BCUT2D eigenvalue weighted by Crippen LogP contribution is -2.27. The van der Waals surface area contributed by atoms with E-state index in [9.17, 15) is 10.1 Å². The molecule has 0 bridgehead atoms. The van der Waals surface area contributed by atoms with Crippen molar-refractivity contribution >= 4 is 58.1 Å². The molecule has 2 aliphatic heterocycles. The summed E-state index contributed by atoms with van der Waals surface area (Å²) in [6.45, 7) is 2.21. The molecule has 164 valence electrons. The first-order chi connectivity index (χ1) is 15.5. The number of likely N-dealkylation sites (tertiary alicyclic amines) is 1. The normalized spacial score (nSPS) is 17.1. The van der Waals surface area contributed by atoms with Crippen molar-refractivity contribution in [3.05, 3.63) is 62.2 Å². The summed E-state index contributed by atoms with van der Waals surface area (Å²) in [7, 11) is 0. The molecular weight excluding hydrogens is 467 g/mol. The highest BCUT2D eigenvalue weighted by atomic mass is 35.5. The molecule has 32 heavy (non-hydrogen) atoms. The lowest BCUT2D eigenvalue weighted by Gasteiger charge is -2.15. The van der Waals surface area contributed by atoms with Gasteiger partial charge >= 0.3 is 0 Å². The van der Waals surface area contributed by atoms with Gasteiger partial charge in [0.25, 0.3) is 0 Å². The number of allylic oxidation sites excluding steroid dienone is 1. The summed E-state index contributed by atoms with van der Waals surface area (Å²) in [6.07, 6.45) is 4.02. The standard InChI is InChI=1S/C22H20Cl2N6OS/c23-16-5-4-14(11-17(16)24)19-13-32-21(28-19)15(12-25)18-6-8-27-22(29-18)26-7-2-10-30-9-1-3-20(30)31/h4-6,8,11,13,28H,1-3,7,9-10H2,(H,26,27,29). The molecule has 0 saturated carbocycles. The molecule has 2 aromatic rings. The van der Waals surface area contributed by atoms with Gasteiger partial charge < -0.3 is 15.5 Å². The summed E-state index contributed by atoms with van der Waals surface area (Å²) in [5, 5.41) is 19.8. The maximum atomic E-state index is 11.7. The zero-order chi connectivity index (χ0) is 22.5. The van der Waals surface area contributed by atoms with Crippen LogP contribution in [0.4, 0.5) is 5.95 Å². The zero-order valence-electron chi connectivity index (χ0n) is 17.1. The number of halogens is 2. The monoisotopic (exact) mass is 486 g/mol. The number of anilines is 1. The first kappa shape index (κ1) is 22.5. The quantitative estimate of drug-likeness (QED) is 0.431. The number of amides is 1. The van der Waals surface area contributed by atoms with Gasteiger partial charge in [0.05, 0.1) is 26.5 Å². The average Bonchev–Trinajstić information content (AvgIpc) is 3.44. The molecule has 2 N–H and O–H groups in total. The number of carbonyl (C=O) groups excluding carboxylic acids is 1. The van der Waals surface area contributed by atoms with Gasteiger partial charge in [-0.2, -0.15) is 5.26 Å². The third-order valence-corrected chi connectivity index (χ3v) is 6.72. The Labute approximate surface area is 200 Å². The summed E-state index contributed by atoms with van der Waals surface area (Å²) in [6, 6.07) is 9.33. The van der Waals surface area contributed by atoms with E-state index in [0.717, 1.165) is 37.2 Å². The molecule has 0 radical (unpaired) electrons. The highest BCUT2D eigenvalue weighted by Gasteiger charge is 2.20. The Morgan fingerprint density at radius 2 is 2.19 bits per heavy atom. The molecule has 0 aliphatic carbocycles. The molecule has 1 aromatic heterocycles. The molecule has 1 aromatic carbocycles. The Morgan fingerprint density at radius 3 is 2.94 bits per heavy atom. The van der Waals surface area contributed by atoms with Crippen LogP contribution in [0.15, 0.2) is 40.9 Å². The molecule has 10 heteroatoms. The number of aromatic nitrogens is 2. The zero-order valence-corrected chi connectivity index (χ0v) is 19.4. The Morgan fingerprint density at radius 1 is 1.31 bits per heavy atom. The van der Waals surface area contributed by atoms with E-state index in [4.69, 9.17) is 23.2 Å². The lowest BCUT2D eigenvalue weighted by molar-refractivity contribution is -0.127. The maximum Gasteiger partial charge on any atom is 0.223 e. The van der Waals surface area contributed by atoms with Crippen molar-refractivity contribution in [1.29, 1.82) is 5.26 Å². The first-order valence-corrected chi connectivity index (χ1v) is 11.8. The molecule has 0 atom stereocenters. The van der Waals surface area contributed by atoms with Gasteiger partial charge in [0.2, 0.25) is 11.9 Å². The van der Waals surface area contributed by atoms with E-state index in [-0.39, 0.29) is 5.91 Å². The van der Waals surface area contributed by atoms with Crippen LogP contribution in [0.1, 0.15) is 30.5 Å². The van der Waals surface area contributed by atoms with E-state index in [1.807, 2.05) is 16.4 Å². The Hall–Kier alpha value is -2.73. The number of hydrogen-bond donors (Lipinski definition) is 2. The van der Waals surface area contributed by atoms with Crippen molar-refractivity contribution in [2.45, 2.75) is 19.3 Å². The van der Waals surface area contributed by atoms with Gasteiger partial charge in [0, 0.05) is 43.2 Å². The number of rotatable bonds is 7. The van der Waals surface area contributed by atoms with Crippen molar-refractivity contribution < 1.29 is 4.79 Å². The fourth-order valence-electron chi connectivity index (χ4n) is 3.44. The van der Waals surface area contributed by atoms with E-state index in [1.165, 1.54) is 11.8 Å². The van der Waals surface area contributed by atoms with Crippen LogP contribution in [-0.4, -0.2) is 40.4 Å². The van der Waals surface area contributed by atoms with Crippen LogP contribution in [-0.2, 0) is 4.79 Å². The first-order valence-electron chi connectivity index (χ1n) is 10.1. The Balaban J connectivity index is 1.41. The number of carbonyl (C=O) groups is 1. The number of benzene rings is 1. The molecule has 1 amide bonds. The molecule has 1 fully saturated rings. The van der Waals surface area contributed by atoms with Crippen LogP contribution in [0.3, 0.4) is 0 Å². The van der Waals surface area contributed by atoms with E-state index < -0.39 is 0 Å². The summed E-state index contributed by atoms with van der Waals surface area (Å²) < 4.78 is 0. The van der Waals surface area contributed by atoms with Crippen LogP contribution in [0, 0.1) is 11.3 Å². The van der Waals surface area contributed by atoms with E-state index in [1.54, 1.807) is 24.4 Å². The minimum absolute atomic E-state index is 0.226. The molecule has 1 saturated heterocycles. The lowest BCUT2D eigenvalue weighted by atomic mass is 10.1. The van der Waals surface area contributed by atoms with Gasteiger partial charge in [-0.15, -0.1) is 0 Å². The van der Waals surface area contributed by atoms with E-state index in [2.05, 4.69) is 26.7 Å². The van der Waals surface area contributed by atoms with Gasteiger partial charge in [-0.25, -0.2) is 9.97 Å². The minimum atomic E-state index is 0.226. The molecule has 2 aliphatic rings. The molecule has 7 nitrogen and oxygen atoms in total. The number of nitrogens with one attached hydrogen (secondary N) is 2. The van der Waals surface area contributed by atoms with Crippen LogP contribution >= 0.6 is 35.0 Å². The molecule has 0 spiro atoms. The van der Waals surface area contributed by atoms with Gasteiger partial charge in [-0.1, -0.05) is 41.0 Å². The van der Waals surface area contributed by atoms with E-state index >= 15 is 0 Å². The fourth-order valence-corrected chi connectivity index (χ4v) is 4.61. The van der Waals surface area contributed by atoms with Gasteiger partial charge in [-0.05, 0) is 31.0 Å². The highest BCUT2D eigenvalue weighted by molar-refractivity contribution is 8.06. The summed E-state index contributed by atoms with van der Waals surface area (Å²) in [5.41, 5.74) is 2.66. The van der Waals surface area contributed by atoms with Crippen LogP contribution in [0.5, 0.6) is 0 Å². The molecule has 3 heterocycles. The second-order valence-corrected chi connectivity index (χ2v) is 8.94. The molecular formula is C22H20Cl2N6OS. The maximum absolute atomic E-state index is 11.7. The van der Waals surface area contributed by atoms with Crippen molar-refractivity contribution in [2.75, 3.05) is 25.0 Å². The average molecular weight is 487 g/mol. The largest absolute Gasteiger partial charge is 0.354 e. The van der Waals surface area contributed by atoms with Crippen LogP contribution in [0.25, 0.3) is 11.3 Å². The third-order valence-electron chi connectivity index (χ3n) is 5.08.